The van der Waals surface area contributed by atoms with Crippen molar-refractivity contribution in [3.05, 3.63) is 50.4 Å². The molecule has 0 spiro atoms. The van der Waals surface area contributed by atoms with E-state index in [-0.39, 0.29) is 49.5 Å². The zero-order chi connectivity index (χ0) is 46.2. The Morgan fingerprint density at radius 1 is 1.15 bits per heavy atom. The highest BCUT2D eigenvalue weighted by atomic mass is 32.1. The lowest BCUT2D eigenvalue weighted by atomic mass is 9.83. The van der Waals surface area contributed by atoms with Crippen LogP contribution in [0.25, 0.3) is 27.7 Å². The number of rotatable bonds is 11. The van der Waals surface area contributed by atoms with E-state index in [1.807, 2.05) is 18.5 Å². The van der Waals surface area contributed by atoms with Gasteiger partial charge in [0.15, 0.2) is 6.61 Å². The molecular formula is C47H65N10O7S+. The third kappa shape index (κ3) is 9.91. The van der Waals surface area contributed by atoms with Crippen LogP contribution < -0.4 is 16.1 Å². The van der Waals surface area contributed by atoms with E-state index in [1.165, 1.54) is 26.1 Å². The number of ether oxygens (including phenoxy) is 1. The summed E-state index contributed by atoms with van der Waals surface area (Å²) in [5.74, 6) is -1.50. The van der Waals surface area contributed by atoms with Crippen LogP contribution in [0.1, 0.15) is 95.3 Å². The van der Waals surface area contributed by atoms with Crippen LogP contribution >= 0.6 is 11.3 Å². The van der Waals surface area contributed by atoms with Crippen LogP contribution in [0.4, 0.5) is 0 Å². The molecule has 1 saturated carbocycles. The van der Waals surface area contributed by atoms with Crippen molar-refractivity contribution < 1.29 is 33.7 Å². The van der Waals surface area contributed by atoms with Crippen molar-refractivity contribution in [2.45, 2.75) is 129 Å². The molecule has 17 nitrogen and oxygen atoms in total. The van der Waals surface area contributed by atoms with Crippen LogP contribution in [-0.2, 0) is 48.1 Å². The molecule has 1 aromatic carbocycles. The molecule has 5 aliphatic rings. The molecule has 2 saturated heterocycles. The number of carbonyl (C=O) groups is 4. The number of methoxy groups -OCH3 is 1. The number of hydrazine groups is 1. The minimum absolute atomic E-state index is 0.0868. The zero-order valence-electron chi connectivity index (χ0n) is 38.9. The Bertz CT molecular complexity index is 2380. The third-order valence-corrected chi connectivity index (χ3v) is 14.6. The molecule has 65 heavy (non-hydrogen) atoms. The first-order valence-electron chi connectivity index (χ1n) is 23.3. The summed E-state index contributed by atoms with van der Waals surface area (Å²) in [6.07, 6.45) is 7.56. The maximum absolute atomic E-state index is 14.7. The Balaban J connectivity index is 1.17. The van der Waals surface area contributed by atoms with Gasteiger partial charge in [-0.15, -0.1) is 11.3 Å². The standard InChI is InChI=1S/C47H64N10O7S/c1-8-55-37-18-17-30-21-32(37)33(43(55)31-15-11-19-48-41(31)28(2)63-7)23-47(3,4)27-64-57(62)38-16-12-20-56(52-38)46(61)34(22-39-50-36(30)26-65-39)51-44(59)42(29-13-9-10-14-29)54(6)40(58)25-53(5)45(60)35-24-49-35/h17-19,21,26,28-29,34-35,38,42,49,52H,8-16,20,22-25,27H2,1-7H3/p+1/t28-,34-,35+,38+,42-/m0/s1. The normalized spacial score (nSPS) is 23.5. The second-order valence-electron chi connectivity index (χ2n) is 19.1. The van der Waals surface area contributed by atoms with Gasteiger partial charge in [-0.05, 0) is 76.0 Å². The van der Waals surface area contributed by atoms with E-state index in [0.29, 0.717) is 42.3 Å². The van der Waals surface area contributed by atoms with Crippen molar-refractivity contribution in [2.75, 3.05) is 47.4 Å². The van der Waals surface area contributed by atoms with Crippen LogP contribution in [0, 0.1) is 16.2 Å². The monoisotopic (exact) mass is 913 g/mol. The number of aryl methyl sites for hydroxylation is 1. The fourth-order valence-corrected chi connectivity index (χ4v) is 10.9. The highest BCUT2D eigenvalue weighted by molar-refractivity contribution is 7.10. The van der Waals surface area contributed by atoms with Gasteiger partial charge in [0.2, 0.25) is 22.6 Å². The second-order valence-corrected chi connectivity index (χ2v) is 20.1. The molecule has 6 bridgehead atoms. The van der Waals surface area contributed by atoms with Crippen LogP contribution in [0.15, 0.2) is 34.3 Å². The molecule has 4 aliphatic heterocycles. The van der Waals surface area contributed by atoms with Gasteiger partial charge in [0.25, 0.3) is 5.91 Å². The first-order valence-corrected chi connectivity index (χ1v) is 24.2. The molecule has 0 radical (unpaired) electrons. The lowest BCUT2D eigenvalue weighted by Crippen LogP contribution is -2.62. The van der Waals surface area contributed by atoms with Crippen molar-refractivity contribution >= 4 is 57.7 Å². The quantitative estimate of drug-likeness (QED) is 0.229. The molecule has 4 amide bonds. The molecule has 3 N–H and O–H groups in total. The van der Waals surface area contributed by atoms with Crippen molar-refractivity contribution in [2.24, 2.45) is 16.3 Å². The highest BCUT2D eigenvalue weighted by Crippen LogP contribution is 2.42. The predicted octanol–water partition coefficient (Wildman–Crippen LogP) is 4.62. The summed E-state index contributed by atoms with van der Waals surface area (Å²) in [5, 5.41) is 11.2. The van der Waals surface area contributed by atoms with Crippen molar-refractivity contribution in [1.82, 2.24) is 40.4 Å². The number of amides is 4. The molecule has 8 rings (SSSR count). The fourth-order valence-electron chi connectivity index (χ4n) is 10.0. The molecule has 18 heteroatoms. The molecule has 3 fully saturated rings. The minimum atomic E-state index is -1.07. The summed E-state index contributed by atoms with van der Waals surface area (Å²) in [6, 6.07) is 4.21. The van der Waals surface area contributed by atoms with E-state index in [4.69, 9.17) is 19.6 Å². The van der Waals surface area contributed by atoms with Gasteiger partial charge in [0.1, 0.15) is 12.1 Å². The Kier molecular flexibility index (Phi) is 13.9. The van der Waals surface area contributed by atoms with E-state index in [9.17, 15) is 24.1 Å². The summed E-state index contributed by atoms with van der Waals surface area (Å²) in [5.41, 5.74) is 9.71. The average Bonchev–Trinajstić information content (AvgIpc) is 3.66. The smallest absolute Gasteiger partial charge is 0.326 e. The number of nitrogens with one attached hydrogen (secondary N) is 3. The largest absolute Gasteiger partial charge is 0.375 e. The van der Waals surface area contributed by atoms with E-state index < -0.39 is 35.5 Å². The maximum Gasteiger partial charge on any atom is 0.326 e. The number of carbonyl (C=O) groups excluding carboxylic acids is 4. The van der Waals surface area contributed by atoms with Crippen LogP contribution in [0.5, 0.6) is 0 Å². The third-order valence-electron chi connectivity index (χ3n) is 13.7. The number of hydrogen-bond acceptors (Lipinski definition) is 12. The van der Waals surface area contributed by atoms with Crippen molar-refractivity contribution in [3.8, 4) is 11.3 Å². The van der Waals surface area contributed by atoms with Crippen LogP contribution in [-0.4, -0.2) is 137 Å². The number of hydrogen-bond donors (Lipinski definition) is 3. The SMILES string of the molecule is CCn1c(C2=C([C@H](C)OC)N=CCC2)c2c3cc(ccc31)-c1csc(n1)C[C@H](NC(=O)[C@H](C1CCCC1)N(C)C(=O)CN(C)C(=O)[C@H]1CN1)C(=O)N1CCC[C@H](N1)[N+](=O)OCC(C)(C)C2. The van der Waals surface area contributed by atoms with E-state index in [2.05, 4.69) is 59.6 Å². The van der Waals surface area contributed by atoms with Gasteiger partial charge in [-0.1, -0.05) is 32.8 Å². The number of likely N-dealkylation sites (N-methyl/N-ethyl adjacent to an activating group) is 2. The zero-order valence-corrected chi connectivity index (χ0v) is 39.7. The first-order chi connectivity index (χ1) is 31.2. The van der Waals surface area contributed by atoms with Gasteiger partial charge in [0.05, 0.1) is 45.7 Å². The van der Waals surface area contributed by atoms with Crippen molar-refractivity contribution in [1.29, 1.82) is 0 Å². The molecule has 350 valence electrons. The molecule has 1 aliphatic carbocycles. The molecular weight excluding hydrogens is 849 g/mol. The van der Waals surface area contributed by atoms with Crippen LogP contribution in [0.3, 0.4) is 0 Å². The van der Waals surface area contributed by atoms with E-state index in [0.717, 1.165) is 89.8 Å². The van der Waals surface area contributed by atoms with E-state index in [1.54, 1.807) is 21.2 Å². The topological polar surface area (TPSA) is 193 Å². The molecule has 5 atom stereocenters. The molecule has 2 aromatic heterocycles. The van der Waals surface area contributed by atoms with Crippen molar-refractivity contribution in [3.63, 3.8) is 0 Å². The lowest BCUT2D eigenvalue weighted by Gasteiger charge is -2.35. The van der Waals surface area contributed by atoms with Gasteiger partial charge >= 0.3 is 6.17 Å². The van der Waals surface area contributed by atoms with Crippen LogP contribution in [0.2, 0.25) is 0 Å². The Morgan fingerprint density at radius 2 is 1.92 bits per heavy atom. The van der Waals surface area contributed by atoms with Gasteiger partial charge in [-0.25, -0.2) is 9.82 Å². The van der Waals surface area contributed by atoms with Gasteiger partial charge in [-0.3, -0.25) is 29.2 Å². The number of aliphatic imine (C=N–C) groups is 1. The van der Waals surface area contributed by atoms with Gasteiger partial charge in [0, 0.05) is 92.7 Å². The Morgan fingerprint density at radius 3 is 2.65 bits per heavy atom. The average molecular weight is 914 g/mol. The predicted molar refractivity (Wildman–Crippen MR) is 248 cm³/mol. The molecule has 3 aromatic rings. The number of fused-ring (bicyclic) bond motifs is 6. The van der Waals surface area contributed by atoms with E-state index >= 15 is 0 Å². The molecule has 0 unspecified atom stereocenters. The lowest BCUT2D eigenvalue weighted by molar-refractivity contribution is -0.835. The Labute approximate surface area is 384 Å². The summed E-state index contributed by atoms with van der Waals surface area (Å²) >= 11 is 1.42. The number of nitrogens with zero attached hydrogens (tertiary/aromatic N) is 7. The van der Waals surface area contributed by atoms with Gasteiger partial charge < -0.3 is 29.7 Å². The number of thiazole rings is 1. The number of benzene rings is 1. The minimum Gasteiger partial charge on any atom is -0.375 e. The first kappa shape index (κ1) is 46.5. The number of aromatic nitrogens is 2. The summed E-state index contributed by atoms with van der Waals surface area (Å²) in [4.78, 5) is 89.1. The summed E-state index contributed by atoms with van der Waals surface area (Å²) < 4.78 is 8.21. The summed E-state index contributed by atoms with van der Waals surface area (Å²) in [6.45, 7) is 9.95. The maximum atomic E-state index is 14.7. The second kappa shape index (κ2) is 19.4. The summed E-state index contributed by atoms with van der Waals surface area (Å²) in [7, 11) is 4.91. The highest BCUT2D eigenvalue weighted by Gasteiger charge is 2.43. The molecule has 6 heterocycles. The Hall–Kier alpha value is -5.04. The number of allylic oxidation sites excluding steroid dienone is 1. The van der Waals surface area contributed by atoms with Gasteiger partial charge in [-0.2, -0.15) is 5.43 Å². The fraction of sp³-hybridized carbons (Fsp3) is 0.617.